The first-order chi connectivity index (χ1) is 8.26. The number of pyridine rings is 1. The highest BCUT2D eigenvalue weighted by Gasteiger charge is 2.07. The highest BCUT2D eigenvalue weighted by atomic mass is 14.7. The number of benzene rings is 1. The van der Waals surface area contributed by atoms with Gasteiger partial charge < -0.3 is 0 Å². The molecule has 0 atom stereocenters. The highest BCUT2D eigenvalue weighted by Crippen LogP contribution is 2.25. The van der Waals surface area contributed by atoms with Gasteiger partial charge in [-0.1, -0.05) is 32.0 Å². The van der Waals surface area contributed by atoms with E-state index in [1.165, 1.54) is 22.3 Å². The molecule has 0 radical (unpaired) electrons. The molecule has 2 aromatic rings. The predicted octanol–water partition coefficient (Wildman–Crippen LogP) is 4.18. The first kappa shape index (κ1) is 11.8. The summed E-state index contributed by atoms with van der Waals surface area (Å²) < 4.78 is 0. The van der Waals surface area contributed by atoms with Gasteiger partial charge in [-0.2, -0.15) is 0 Å². The molecule has 0 unspecified atom stereocenters. The average molecular weight is 225 g/mol. The van der Waals surface area contributed by atoms with E-state index >= 15 is 0 Å². The molecule has 0 spiro atoms. The molecule has 88 valence electrons. The van der Waals surface area contributed by atoms with Gasteiger partial charge in [-0.25, -0.2) is 0 Å². The Morgan fingerprint density at radius 2 is 1.88 bits per heavy atom. The van der Waals surface area contributed by atoms with Gasteiger partial charge in [-0.15, -0.1) is 0 Å². The van der Waals surface area contributed by atoms with Crippen molar-refractivity contribution < 1.29 is 0 Å². The molecule has 1 heteroatoms. The lowest BCUT2D eigenvalue weighted by molar-refractivity contribution is 1.09. The van der Waals surface area contributed by atoms with Gasteiger partial charge in [-0.3, -0.25) is 4.98 Å². The minimum Gasteiger partial charge on any atom is -0.256 e. The lowest BCUT2D eigenvalue weighted by atomic mass is 9.96. The molecule has 0 saturated heterocycles. The van der Waals surface area contributed by atoms with E-state index in [0.29, 0.717) is 0 Å². The smallest absolute Gasteiger partial charge is 0.0707 e. The second-order valence-electron chi connectivity index (χ2n) is 4.36. The molecule has 0 aliphatic rings. The molecule has 0 fully saturated rings. The standard InChI is InChI=1S/C16H19N/c1-4-13-9-10-17-16(11-13)15-8-6-7-12(3)14(15)5-2/h6-11H,4-5H2,1-3H3. The second-order valence-corrected chi connectivity index (χ2v) is 4.36. The first-order valence-electron chi connectivity index (χ1n) is 6.30. The molecule has 1 heterocycles. The van der Waals surface area contributed by atoms with E-state index in [1.807, 2.05) is 6.20 Å². The van der Waals surface area contributed by atoms with E-state index in [4.69, 9.17) is 0 Å². The van der Waals surface area contributed by atoms with Gasteiger partial charge in [-0.05, 0) is 48.6 Å². The van der Waals surface area contributed by atoms with E-state index in [1.54, 1.807) is 0 Å². The summed E-state index contributed by atoms with van der Waals surface area (Å²) in [5, 5.41) is 0. The van der Waals surface area contributed by atoms with E-state index < -0.39 is 0 Å². The van der Waals surface area contributed by atoms with Crippen molar-refractivity contribution in [1.29, 1.82) is 0 Å². The third-order valence-electron chi connectivity index (χ3n) is 3.27. The van der Waals surface area contributed by atoms with Crippen LogP contribution in [0.1, 0.15) is 30.5 Å². The summed E-state index contributed by atoms with van der Waals surface area (Å²) in [6, 6.07) is 10.8. The highest BCUT2D eigenvalue weighted by molar-refractivity contribution is 5.65. The van der Waals surface area contributed by atoms with Crippen molar-refractivity contribution in [3.8, 4) is 11.3 Å². The van der Waals surface area contributed by atoms with Gasteiger partial charge in [0.1, 0.15) is 0 Å². The number of aromatic nitrogens is 1. The maximum atomic E-state index is 4.51. The first-order valence-corrected chi connectivity index (χ1v) is 6.30. The Morgan fingerprint density at radius 3 is 2.59 bits per heavy atom. The Bertz CT molecular complexity index is 515. The maximum absolute atomic E-state index is 4.51. The van der Waals surface area contributed by atoms with Crippen molar-refractivity contribution in [2.45, 2.75) is 33.6 Å². The van der Waals surface area contributed by atoms with Crippen molar-refractivity contribution in [3.63, 3.8) is 0 Å². The molecule has 0 saturated carbocycles. The SMILES string of the molecule is CCc1ccnc(-c2cccc(C)c2CC)c1. The summed E-state index contributed by atoms with van der Waals surface area (Å²) in [4.78, 5) is 4.51. The fourth-order valence-corrected chi connectivity index (χ4v) is 2.25. The monoisotopic (exact) mass is 225 g/mol. The van der Waals surface area contributed by atoms with E-state index in [-0.39, 0.29) is 0 Å². The summed E-state index contributed by atoms with van der Waals surface area (Å²) in [5.41, 5.74) is 6.49. The van der Waals surface area contributed by atoms with Crippen LogP contribution in [0.15, 0.2) is 36.5 Å². The average Bonchev–Trinajstić information content (AvgIpc) is 2.38. The van der Waals surface area contributed by atoms with Crippen LogP contribution in [0.2, 0.25) is 0 Å². The Kier molecular flexibility index (Phi) is 3.58. The Hall–Kier alpha value is -1.63. The van der Waals surface area contributed by atoms with Gasteiger partial charge >= 0.3 is 0 Å². The maximum Gasteiger partial charge on any atom is 0.0707 e. The summed E-state index contributed by atoms with van der Waals surface area (Å²) >= 11 is 0. The van der Waals surface area contributed by atoms with Crippen LogP contribution in [0.5, 0.6) is 0 Å². The van der Waals surface area contributed by atoms with Gasteiger partial charge in [0.2, 0.25) is 0 Å². The lowest BCUT2D eigenvalue weighted by Crippen LogP contribution is -1.94. The number of hydrogen-bond acceptors (Lipinski definition) is 1. The summed E-state index contributed by atoms with van der Waals surface area (Å²) in [5.74, 6) is 0. The zero-order chi connectivity index (χ0) is 12.3. The number of hydrogen-bond donors (Lipinski definition) is 0. The normalized spacial score (nSPS) is 10.5. The van der Waals surface area contributed by atoms with Crippen molar-refractivity contribution in [3.05, 3.63) is 53.2 Å². The summed E-state index contributed by atoms with van der Waals surface area (Å²) in [6.45, 7) is 6.55. The largest absolute Gasteiger partial charge is 0.256 e. The van der Waals surface area contributed by atoms with Crippen LogP contribution in [0.25, 0.3) is 11.3 Å². The third kappa shape index (κ3) is 2.38. The van der Waals surface area contributed by atoms with Crippen LogP contribution in [-0.4, -0.2) is 4.98 Å². The van der Waals surface area contributed by atoms with E-state index in [0.717, 1.165) is 18.5 Å². The molecular formula is C16H19N. The molecule has 1 aromatic carbocycles. The molecule has 2 rings (SSSR count). The molecule has 0 aliphatic heterocycles. The van der Waals surface area contributed by atoms with E-state index in [2.05, 4.69) is 56.1 Å². The molecule has 1 nitrogen and oxygen atoms in total. The molecule has 0 amide bonds. The third-order valence-corrected chi connectivity index (χ3v) is 3.27. The number of aryl methyl sites for hydroxylation is 2. The Morgan fingerprint density at radius 1 is 1.06 bits per heavy atom. The summed E-state index contributed by atoms with van der Waals surface area (Å²) in [6.07, 6.45) is 4.03. The molecular weight excluding hydrogens is 206 g/mol. The van der Waals surface area contributed by atoms with Crippen LogP contribution in [-0.2, 0) is 12.8 Å². The topological polar surface area (TPSA) is 12.9 Å². The molecule has 1 aromatic heterocycles. The van der Waals surface area contributed by atoms with Crippen LogP contribution >= 0.6 is 0 Å². The fourth-order valence-electron chi connectivity index (χ4n) is 2.25. The summed E-state index contributed by atoms with van der Waals surface area (Å²) in [7, 11) is 0. The van der Waals surface area contributed by atoms with Crippen LogP contribution < -0.4 is 0 Å². The minimum atomic E-state index is 1.06. The zero-order valence-corrected chi connectivity index (χ0v) is 10.8. The van der Waals surface area contributed by atoms with Crippen LogP contribution in [0.3, 0.4) is 0 Å². The van der Waals surface area contributed by atoms with Crippen LogP contribution in [0.4, 0.5) is 0 Å². The Balaban J connectivity index is 2.55. The van der Waals surface area contributed by atoms with Crippen molar-refractivity contribution in [2.24, 2.45) is 0 Å². The van der Waals surface area contributed by atoms with Gasteiger partial charge in [0.15, 0.2) is 0 Å². The molecule has 17 heavy (non-hydrogen) atoms. The Labute approximate surface area is 104 Å². The number of nitrogens with zero attached hydrogens (tertiary/aromatic N) is 1. The zero-order valence-electron chi connectivity index (χ0n) is 10.8. The van der Waals surface area contributed by atoms with Crippen molar-refractivity contribution in [2.75, 3.05) is 0 Å². The molecule has 0 bridgehead atoms. The number of rotatable bonds is 3. The lowest BCUT2D eigenvalue weighted by Gasteiger charge is -2.11. The molecule has 0 aliphatic carbocycles. The molecule has 0 N–H and O–H groups in total. The van der Waals surface area contributed by atoms with Gasteiger partial charge in [0.25, 0.3) is 0 Å². The fraction of sp³-hybridized carbons (Fsp3) is 0.312. The van der Waals surface area contributed by atoms with Gasteiger partial charge in [0, 0.05) is 11.8 Å². The second kappa shape index (κ2) is 5.13. The van der Waals surface area contributed by atoms with E-state index in [9.17, 15) is 0 Å². The minimum absolute atomic E-state index is 1.06. The van der Waals surface area contributed by atoms with Crippen molar-refractivity contribution >= 4 is 0 Å². The quantitative estimate of drug-likeness (QED) is 0.763. The predicted molar refractivity (Wildman–Crippen MR) is 73.2 cm³/mol. The van der Waals surface area contributed by atoms with Crippen LogP contribution in [0, 0.1) is 6.92 Å². The van der Waals surface area contributed by atoms with Gasteiger partial charge in [0.05, 0.1) is 5.69 Å². The van der Waals surface area contributed by atoms with Crippen molar-refractivity contribution in [1.82, 2.24) is 4.98 Å².